The van der Waals surface area contributed by atoms with Crippen LogP contribution in [0.1, 0.15) is 32.9 Å². The Balaban J connectivity index is 2.11. The zero-order valence-electron chi connectivity index (χ0n) is 12.0. The van der Waals surface area contributed by atoms with Crippen molar-refractivity contribution < 1.29 is 9.53 Å². The first-order chi connectivity index (χ1) is 8.87. The fraction of sp³-hybridized carbons (Fsp3) is 0.615. The van der Waals surface area contributed by atoms with Gasteiger partial charge in [-0.05, 0) is 46.2 Å². The molecule has 0 spiro atoms. The van der Waals surface area contributed by atoms with Crippen molar-refractivity contribution in [1.29, 1.82) is 0 Å². The van der Waals surface area contributed by atoms with E-state index in [-0.39, 0.29) is 6.09 Å². The molecule has 0 saturated carbocycles. The molecule has 6 nitrogen and oxygen atoms in total. The van der Waals surface area contributed by atoms with Crippen molar-refractivity contribution in [3.8, 4) is 0 Å². The quantitative estimate of drug-likeness (QED) is 0.798. The fourth-order valence-corrected chi connectivity index (χ4v) is 1.30. The second kappa shape index (κ2) is 6.92. The molecule has 0 aliphatic heterocycles. The van der Waals surface area contributed by atoms with Crippen LogP contribution in [0.4, 0.5) is 10.6 Å². The van der Waals surface area contributed by atoms with Gasteiger partial charge in [0.05, 0.1) is 5.69 Å². The molecule has 0 aliphatic rings. The minimum atomic E-state index is -0.459. The summed E-state index contributed by atoms with van der Waals surface area (Å²) >= 11 is 0. The van der Waals surface area contributed by atoms with Crippen LogP contribution in [0, 0.1) is 6.92 Å². The van der Waals surface area contributed by atoms with Gasteiger partial charge in [-0.3, -0.25) is 0 Å². The highest BCUT2D eigenvalue weighted by molar-refractivity contribution is 5.67. The van der Waals surface area contributed by atoms with E-state index < -0.39 is 5.60 Å². The maximum Gasteiger partial charge on any atom is 0.407 e. The van der Waals surface area contributed by atoms with Gasteiger partial charge < -0.3 is 15.4 Å². The third-order valence-electron chi connectivity index (χ3n) is 2.13. The number of hydrogen-bond donors (Lipinski definition) is 2. The van der Waals surface area contributed by atoms with Gasteiger partial charge >= 0.3 is 6.09 Å². The summed E-state index contributed by atoms with van der Waals surface area (Å²) < 4.78 is 5.12. The topological polar surface area (TPSA) is 76.1 Å². The van der Waals surface area contributed by atoms with Gasteiger partial charge in [0.15, 0.2) is 0 Å². The van der Waals surface area contributed by atoms with Crippen LogP contribution in [0.2, 0.25) is 0 Å². The number of alkyl carbamates (subject to hydrolysis) is 1. The Morgan fingerprint density at radius 3 is 2.58 bits per heavy atom. The Hall–Kier alpha value is -1.85. The molecule has 1 aromatic heterocycles. The second-order valence-electron chi connectivity index (χ2n) is 5.27. The Bertz CT molecular complexity index is 398. The highest BCUT2D eigenvalue weighted by atomic mass is 16.6. The van der Waals surface area contributed by atoms with E-state index in [0.717, 1.165) is 17.9 Å². The lowest BCUT2D eigenvalue weighted by atomic mass is 10.2. The third kappa shape index (κ3) is 7.23. The van der Waals surface area contributed by atoms with Gasteiger partial charge in [-0.25, -0.2) is 4.79 Å². The number of aryl methyl sites for hydroxylation is 1. The highest BCUT2D eigenvalue weighted by Crippen LogP contribution is 2.06. The number of amides is 1. The smallest absolute Gasteiger partial charge is 0.407 e. The van der Waals surface area contributed by atoms with Crippen molar-refractivity contribution in [3.63, 3.8) is 0 Å². The van der Waals surface area contributed by atoms with Crippen molar-refractivity contribution >= 4 is 11.9 Å². The molecule has 1 aromatic rings. The van der Waals surface area contributed by atoms with E-state index in [9.17, 15) is 4.79 Å². The van der Waals surface area contributed by atoms with E-state index in [0.29, 0.717) is 13.1 Å². The molecular weight excluding hydrogens is 244 g/mol. The first-order valence-electron chi connectivity index (χ1n) is 6.38. The molecular formula is C13H22N4O2. The van der Waals surface area contributed by atoms with Gasteiger partial charge in [0.1, 0.15) is 11.4 Å². The lowest BCUT2D eigenvalue weighted by Gasteiger charge is -2.19. The van der Waals surface area contributed by atoms with E-state index in [1.54, 1.807) is 0 Å². The molecule has 1 heterocycles. The van der Waals surface area contributed by atoms with Gasteiger partial charge in [0, 0.05) is 13.1 Å². The molecule has 0 bridgehead atoms. The summed E-state index contributed by atoms with van der Waals surface area (Å²) in [6, 6.07) is 3.78. The first kappa shape index (κ1) is 15.2. The first-order valence-corrected chi connectivity index (χ1v) is 6.38. The van der Waals surface area contributed by atoms with Crippen LogP contribution in [0.25, 0.3) is 0 Å². The fourth-order valence-electron chi connectivity index (χ4n) is 1.30. The van der Waals surface area contributed by atoms with E-state index >= 15 is 0 Å². The van der Waals surface area contributed by atoms with Crippen LogP contribution in [-0.4, -0.2) is 35.0 Å². The van der Waals surface area contributed by atoms with Crippen molar-refractivity contribution in [3.05, 3.63) is 17.8 Å². The molecule has 106 valence electrons. The molecule has 0 atom stereocenters. The Morgan fingerprint density at radius 2 is 2.00 bits per heavy atom. The number of anilines is 1. The third-order valence-corrected chi connectivity index (χ3v) is 2.13. The molecule has 0 aliphatic carbocycles. The summed E-state index contributed by atoms with van der Waals surface area (Å²) in [4.78, 5) is 11.4. The normalized spacial score (nSPS) is 10.9. The van der Waals surface area contributed by atoms with Gasteiger partial charge in [-0.1, -0.05) is 0 Å². The predicted octanol–water partition coefficient (Wildman–Crippen LogP) is 2.11. The molecule has 19 heavy (non-hydrogen) atoms. The van der Waals surface area contributed by atoms with Crippen LogP contribution >= 0.6 is 0 Å². The number of nitrogens with zero attached hydrogens (tertiary/aromatic N) is 2. The number of nitrogens with one attached hydrogen (secondary N) is 2. The SMILES string of the molecule is Cc1ccc(NCCCNC(=O)OC(C)(C)C)nn1. The summed E-state index contributed by atoms with van der Waals surface area (Å²) in [6.45, 7) is 8.68. The van der Waals surface area contributed by atoms with Crippen molar-refractivity contribution in [2.75, 3.05) is 18.4 Å². The van der Waals surface area contributed by atoms with Crippen LogP contribution in [-0.2, 0) is 4.74 Å². The van der Waals surface area contributed by atoms with Crippen LogP contribution in [0.3, 0.4) is 0 Å². The molecule has 6 heteroatoms. The molecule has 0 unspecified atom stereocenters. The molecule has 0 radical (unpaired) electrons. The maximum atomic E-state index is 11.4. The molecule has 1 amide bonds. The minimum Gasteiger partial charge on any atom is -0.444 e. The zero-order valence-corrected chi connectivity index (χ0v) is 12.0. The van der Waals surface area contributed by atoms with Crippen LogP contribution in [0.15, 0.2) is 12.1 Å². The van der Waals surface area contributed by atoms with Gasteiger partial charge in [0.25, 0.3) is 0 Å². The maximum absolute atomic E-state index is 11.4. The Morgan fingerprint density at radius 1 is 1.26 bits per heavy atom. The molecule has 0 fully saturated rings. The van der Waals surface area contributed by atoms with Crippen LogP contribution < -0.4 is 10.6 Å². The standard InChI is InChI=1S/C13H22N4O2/c1-10-6-7-11(17-16-10)14-8-5-9-15-12(18)19-13(2,3)4/h6-7H,5,8-9H2,1-4H3,(H,14,17)(H,15,18). The average molecular weight is 266 g/mol. The van der Waals surface area contributed by atoms with E-state index in [1.807, 2.05) is 39.8 Å². The predicted molar refractivity (Wildman–Crippen MR) is 74.1 cm³/mol. The van der Waals surface area contributed by atoms with Crippen molar-refractivity contribution in [1.82, 2.24) is 15.5 Å². The van der Waals surface area contributed by atoms with E-state index in [1.165, 1.54) is 0 Å². The molecule has 2 N–H and O–H groups in total. The molecule has 0 saturated heterocycles. The summed E-state index contributed by atoms with van der Waals surface area (Å²) in [5.74, 6) is 0.739. The Kier molecular flexibility index (Phi) is 5.54. The largest absolute Gasteiger partial charge is 0.444 e. The average Bonchev–Trinajstić information content (AvgIpc) is 2.29. The number of carbonyl (C=O) groups is 1. The number of rotatable bonds is 5. The lowest BCUT2D eigenvalue weighted by Crippen LogP contribution is -2.33. The van der Waals surface area contributed by atoms with E-state index in [4.69, 9.17) is 4.74 Å². The van der Waals surface area contributed by atoms with Crippen LogP contribution in [0.5, 0.6) is 0 Å². The summed E-state index contributed by atoms with van der Waals surface area (Å²) in [6.07, 6.45) is 0.400. The van der Waals surface area contributed by atoms with Gasteiger partial charge in [-0.15, -0.1) is 5.10 Å². The number of aromatic nitrogens is 2. The van der Waals surface area contributed by atoms with Crippen molar-refractivity contribution in [2.45, 2.75) is 39.7 Å². The van der Waals surface area contributed by atoms with Gasteiger partial charge in [-0.2, -0.15) is 5.10 Å². The highest BCUT2D eigenvalue weighted by Gasteiger charge is 2.15. The number of ether oxygens (including phenoxy) is 1. The number of carbonyl (C=O) groups excluding carboxylic acids is 1. The minimum absolute atomic E-state index is 0.386. The molecule has 1 rings (SSSR count). The van der Waals surface area contributed by atoms with Crippen molar-refractivity contribution in [2.24, 2.45) is 0 Å². The lowest BCUT2D eigenvalue weighted by molar-refractivity contribution is 0.0528. The number of hydrogen-bond acceptors (Lipinski definition) is 5. The second-order valence-corrected chi connectivity index (χ2v) is 5.27. The zero-order chi connectivity index (χ0) is 14.3. The van der Waals surface area contributed by atoms with Gasteiger partial charge in [0.2, 0.25) is 0 Å². The summed E-state index contributed by atoms with van der Waals surface area (Å²) in [5, 5.41) is 13.8. The monoisotopic (exact) mass is 266 g/mol. The molecule has 0 aromatic carbocycles. The summed E-state index contributed by atoms with van der Waals surface area (Å²) in [7, 11) is 0. The van der Waals surface area contributed by atoms with E-state index in [2.05, 4.69) is 20.8 Å². The summed E-state index contributed by atoms with van der Waals surface area (Å²) in [5.41, 5.74) is 0.428. The Labute approximate surface area is 113 Å².